The van der Waals surface area contributed by atoms with Crippen molar-refractivity contribution >= 4 is 29.7 Å². The van der Waals surface area contributed by atoms with Crippen LogP contribution >= 0.6 is 11.9 Å². The number of hydrogen-bond donors (Lipinski definition) is 4. The smallest absolute Gasteiger partial charge is 0.303 e. The van der Waals surface area contributed by atoms with Crippen LogP contribution in [0.5, 0.6) is 0 Å². The normalized spacial score (nSPS) is 31.6. The van der Waals surface area contributed by atoms with Crippen LogP contribution in [0.4, 0.5) is 0 Å². The van der Waals surface area contributed by atoms with Crippen molar-refractivity contribution in [1.29, 1.82) is 0 Å². The number of nitrogens with one attached hydrogen (secondary N) is 2. The van der Waals surface area contributed by atoms with E-state index in [4.69, 9.17) is 24.1 Å². The van der Waals surface area contributed by atoms with Gasteiger partial charge in [0.15, 0.2) is 0 Å². The Kier molecular flexibility index (Phi) is 13.2. The minimum Gasteiger partial charge on any atom is -0.459 e. The van der Waals surface area contributed by atoms with E-state index < -0.39 is 29.9 Å². The van der Waals surface area contributed by atoms with Crippen LogP contribution < -0.4 is 15.8 Å². The summed E-state index contributed by atoms with van der Waals surface area (Å²) >= 11 is 1.18. The van der Waals surface area contributed by atoms with Gasteiger partial charge in [0.2, 0.25) is 11.8 Å². The van der Waals surface area contributed by atoms with E-state index in [0.717, 1.165) is 22.5 Å². The molecule has 0 bridgehead atoms. The molecular formula is C35H49N3O8S. The monoisotopic (exact) mass is 671 g/mol. The van der Waals surface area contributed by atoms with E-state index in [1.54, 1.807) is 13.0 Å². The lowest BCUT2D eigenvalue weighted by atomic mass is 9.87. The first-order valence-electron chi connectivity index (χ1n) is 16.2. The average Bonchev–Trinajstić information content (AvgIpc) is 3.80. The number of nitrogens with two attached hydrogens (primary N) is 1. The topological polar surface area (TPSA) is 162 Å². The Labute approximate surface area is 281 Å². The fraction of sp³-hybridized carbons (Fsp3) is 0.571. The molecule has 258 valence electrons. The molecule has 5 N–H and O–H groups in total. The molecule has 47 heavy (non-hydrogen) atoms. The highest BCUT2D eigenvalue weighted by atomic mass is 32.2. The fourth-order valence-corrected chi connectivity index (χ4v) is 6.35. The zero-order chi connectivity index (χ0) is 34.1. The predicted octanol–water partition coefficient (Wildman–Crippen LogP) is 3.64. The van der Waals surface area contributed by atoms with Crippen molar-refractivity contribution in [3.8, 4) is 0 Å². The molecule has 1 aromatic carbocycles. The Balaban J connectivity index is 1.25. The first-order valence-corrected chi connectivity index (χ1v) is 17.1. The van der Waals surface area contributed by atoms with Crippen molar-refractivity contribution < 1.29 is 38.4 Å². The molecule has 3 aliphatic heterocycles. The lowest BCUT2D eigenvalue weighted by Crippen LogP contribution is -2.50. The second-order valence-corrected chi connectivity index (χ2v) is 13.6. The predicted molar refractivity (Wildman–Crippen MR) is 179 cm³/mol. The third-order valence-corrected chi connectivity index (χ3v) is 9.43. The van der Waals surface area contributed by atoms with Crippen molar-refractivity contribution in [1.82, 2.24) is 10.6 Å². The van der Waals surface area contributed by atoms with E-state index in [1.807, 2.05) is 50.3 Å². The number of benzene rings is 1. The molecule has 3 fully saturated rings. The Morgan fingerprint density at radius 2 is 1.89 bits per heavy atom. The number of aliphatic hydroxyl groups excluding tert-OH is 1. The van der Waals surface area contributed by atoms with Gasteiger partial charge in [-0.05, 0) is 75.3 Å². The number of amides is 2. The number of hydrogen-bond acceptors (Lipinski definition) is 10. The third-order valence-electron chi connectivity index (χ3n) is 8.89. The molecule has 11 nitrogen and oxygen atoms in total. The summed E-state index contributed by atoms with van der Waals surface area (Å²) in [6.07, 6.45) is 8.45. The molecule has 1 spiro atoms. The molecule has 9 unspecified atom stereocenters. The van der Waals surface area contributed by atoms with Gasteiger partial charge in [-0.3, -0.25) is 19.5 Å². The van der Waals surface area contributed by atoms with E-state index >= 15 is 0 Å². The van der Waals surface area contributed by atoms with Gasteiger partial charge in [-0.25, -0.2) is 0 Å². The molecule has 0 aliphatic carbocycles. The maximum Gasteiger partial charge on any atom is 0.303 e. The molecule has 0 saturated carbocycles. The van der Waals surface area contributed by atoms with Gasteiger partial charge >= 0.3 is 5.97 Å². The van der Waals surface area contributed by atoms with Crippen LogP contribution in [0.15, 0.2) is 65.1 Å². The number of rotatable bonds is 13. The van der Waals surface area contributed by atoms with Gasteiger partial charge < -0.3 is 34.7 Å². The summed E-state index contributed by atoms with van der Waals surface area (Å²) in [5.41, 5.74) is 1.30. The molecule has 0 aromatic heterocycles. The number of allylic oxidation sites excluding steroid dienone is 2. The maximum atomic E-state index is 12.7. The molecule has 3 heterocycles. The van der Waals surface area contributed by atoms with Gasteiger partial charge in [0.1, 0.15) is 23.9 Å². The SMILES string of the molecule is CC(=O)OC(C)C=CC(=O)NC1CC(C)C(CC=C(C)C=CC2OC(CC(=O)NCc3ccc(SN)cc3)CC3(CO3)C2O)OC1C. The quantitative estimate of drug-likeness (QED) is 0.0801. The maximum absolute atomic E-state index is 12.7. The Morgan fingerprint density at radius 1 is 1.17 bits per heavy atom. The Morgan fingerprint density at radius 3 is 2.55 bits per heavy atom. The van der Waals surface area contributed by atoms with Gasteiger partial charge in [0, 0.05) is 30.9 Å². The van der Waals surface area contributed by atoms with Gasteiger partial charge in [-0.1, -0.05) is 42.9 Å². The molecule has 9 atom stereocenters. The van der Waals surface area contributed by atoms with Crippen molar-refractivity contribution in [2.45, 2.75) is 120 Å². The van der Waals surface area contributed by atoms with Gasteiger partial charge in [0.05, 0.1) is 37.4 Å². The molecule has 3 saturated heterocycles. The van der Waals surface area contributed by atoms with Crippen LogP contribution in [0.25, 0.3) is 0 Å². The minimum absolute atomic E-state index is 0.0129. The zero-order valence-electron chi connectivity index (χ0n) is 27.8. The summed E-state index contributed by atoms with van der Waals surface area (Å²) < 4.78 is 23.2. The summed E-state index contributed by atoms with van der Waals surface area (Å²) in [4.78, 5) is 37.2. The molecule has 12 heteroatoms. The van der Waals surface area contributed by atoms with Crippen LogP contribution in [-0.2, 0) is 39.9 Å². The molecular weight excluding hydrogens is 622 g/mol. The highest BCUT2D eigenvalue weighted by Gasteiger charge is 2.58. The number of ether oxygens (including phenoxy) is 4. The largest absolute Gasteiger partial charge is 0.459 e. The number of epoxide rings is 1. The van der Waals surface area contributed by atoms with E-state index in [2.05, 4.69) is 23.6 Å². The molecule has 0 radical (unpaired) electrons. The Hall–Kier alpha value is -3.00. The summed E-state index contributed by atoms with van der Waals surface area (Å²) in [5, 5.41) is 22.5. The number of aliphatic hydroxyl groups is 1. The standard InChI is InChI=1S/C35H49N3O8S/c1-21(6-13-30-22(2)16-29(24(4)45-30)38-32(40)15-8-23(3)44-25(5)39)7-14-31-34(42)35(20-43-35)18-27(46-31)17-33(41)37-19-26-9-11-28(47-36)12-10-26/h6-12,14-15,22-24,27,29-31,34,42H,13,16-20,36H2,1-5H3,(H,37,41)(H,38,40). The second-order valence-electron chi connectivity index (χ2n) is 12.9. The first-order chi connectivity index (χ1) is 22.4. The van der Waals surface area contributed by atoms with Crippen LogP contribution in [0.3, 0.4) is 0 Å². The highest BCUT2D eigenvalue weighted by molar-refractivity contribution is 7.97. The van der Waals surface area contributed by atoms with Crippen LogP contribution in [0.1, 0.15) is 65.9 Å². The van der Waals surface area contributed by atoms with Crippen molar-refractivity contribution in [2.24, 2.45) is 11.1 Å². The van der Waals surface area contributed by atoms with Crippen LogP contribution in [0, 0.1) is 5.92 Å². The molecule has 1 aromatic rings. The third kappa shape index (κ3) is 11.0. The number of carbonyl (C=O) groups is 3. The average molecular weight is 672 g/mol. The minimum atomic E-state index is -0.820. The van der Waals surface area contributed by atoms with Crippen molar-refractivity contribution in [3.05, 3.63) is 65.8 Å². The van der Waals surface area contributed by atoms with Gasteiger partial charge in [-0.15, -0.1) is 0 Å². The van der Waals surface area contributed by atoms with E-state index in [-0.39, 0.29) is 48.5 Å². The van der Waals surface area contributed by atoms with E-state index in [9.17, 15) is 19.5 Å². The van der Waals surface area contributed by atoms with E-state index in [0.29, 0.717) is 26.0 Å². The van der Waals surface area contributed by atoms with Gasteiger partial charge in [-0.2, -0.15) is 0 Å². The lowest BCUT2D eigenvalue weighted by Gasteiger charge is -2.39. The summed E-state index contributed by atoms with van der Waals surface area (Å²) in [7, 11) is 0. The van der Waals surface area contributed by atoms with Crippen LogP contribution in [0.2, 0.25) is 0 Å². The molecule has 4 rings (SSSR count). The fourth-order valence-electron chi connectivity index (χ4n) is 6.05. The molecule has 2 amide bonds. The number of carbonyl (C=O) groups excluding carboxylic acids is 3. The molecule has 3 aliphatic rings. The summed E-state index contributed by atoms with van der Waals surface area (Å²) in [5.74, 6) is -0.566. The first kappa shape index (κ1) is 36.8. The lowest BCUT2D eigenvalue weighted by molar-refractivity contribution is -0.145. The second kappa shape index (κ2) is 16.9. The zero-order valence-corrected chi connectivity index (χ0v) is 28.7. The highest BCUT2D eigenvalue weighted by Crippen LogP contribution is 2.43. The van der Waals surface area contributed by atoms with Crippen LogP contribution in [-0.4, -0.2) is 77.8 Å². The van der Waals surface area contributed by atoms with Crippen molar-refractivity contribution in [2.75, 3.05) is 6.61 Å². The number of esters is 1. The summed E-state index contributed by atoms with van der Waals surface area (Å²) in [6, 6.07) is 7.56. The summed E-state index contributed by atoms with van der Waals surface area (Å²) in [6.45, 7) is 9.94. The van der Waals surface area contributed by atoms with E-state index in [1.165, 1.54) is 24.9 Å². The van der Waals surface area contributed by atoms with Crippen molar-refractivity contribution in [3.63, 3.8) is 0 Å². The Bertz CT molecular complexity index is 1330. The van der Waals surface area contributed by atoms with Gasteiger partial charge in [0.25, 0.3) is 0 Å².